The number of nitrogens with zero attached hydrogens (tertiary/aromatic N) is 1. The smallest absolute Gasteiger partial charge is 0.407 e. The van der Waals surface area contributed by atoms with Gasteiger partial charge in [-0.1, -0.05) is 62.4 Å². The fraction of sp³-hybridized carbons (Fsp3) is 0.423. The van der Waals surface area contributed by atoms with Gasteiger partial charge in [0, 0.05) is 19.0 Å². The summed E-state index contributed by atoms with van der Waals surface area (Å²) in [5.74, 6) is -1.94. The van der Waals surface area contributed by atoms with Crippen LogP contribution in [0.1, 0.15) is 43.7 Å². The lowest BCUT2D eigenvalue weighted by Gasteiger charge is -2.34. The summed E-state index contributed by atoms with van der Waals surface area (Å²) in [6.45, 7) is 4.54. The van der Waals surface area contributed by atoms with Gasteiger partial charge in [-0.05, 0) is 41.0 Å². The Hall–Kier alpha value is -3.35. The average Bonchev–Trinajstić information content (AvgIpc) is 3.14. The Bertz CT molecular complexity index is 1000. The van der Waals surface area contributed by atoms with Gasteiger partial charge in [0.1, 0.15) is 12.6 Å². The van der Waals surface area contributed by atoms with Gasteiger partial charge in [0.2, 0.25) is 5.91 Å². The molecule has 0 spiro atoms. The molecule has 1 heterocycles. The summed E-state index contributed by atoms with van der Waals surface area (Å²) >= 11 is 0. The van der Waals surface area contributed by atoms with Crippen LogP contribution >= 0.6 is 0 Å². The Labute approximate surface area is 193 Å². The number of aliphatic carboxylic acids is 1. The number of rotatable bonds is 6. The molecule has 2 aromatic carbocycles. The lowest BCUT2D eigenvalue weighted by Crippen LogP contribution is -2.54. The van der Waals surface area contributed by atoms with Crippen molar-refractivity contribution >= 4 is 18.0 Å². The van der Waals surface area contributed by atoms with E-state index >= 15 is 0 Å². The van der Waals surface area contributed by atoms with Gasteiger partial charge in [0.25, 0.3) is 0 Å². The Kier molecular flexibility index (Phi) is 6.67. The summed E-state index contributed by atoms with van der Waals surface area (Å²) in [5.41, 5.74) is 4.54. The number of carboxylic acids is 1. The molecule has 2 aromatic rings. The second kappa shape index (κ2) is 9.65. The molecule has 1 saturated heterocycles. The van der Waals surface area contributed by atoms with Crippen molar-refractivity contribution in [2.45, 2.75) is 38.6 Å². The molecule has 33 heavy (non-hydrogen) atoms. The highest BCUT2D eigenvalue weighted by molar-refractivity contribution is 5.86. The first kappa shape index (κ1) is 22.8. The number of likely N-dealkylation sites (tertiary alicyclic amines) is 1. The van der Waals surface area contributed by atoms with E-state index in [0.717, 1.165) is 22.3 Å². The van der Waals surface area contributed by atoms with Crippen molar-refractivity contribution < 1.29 is 24.2 Å². The lowest BCUT2D eigenvalue weighted by molar-refractivity contribution is -0.146. The van der Waals surface area contributed by atoms with E-state index in [1.54, 1.807) is 4.90 Å². The quantitative estimate of drug-likeness (QED) is 0.697. The van der Waals surface area contributed by atoms with Crippen LogP contribution in [0.15, 0.2) is 48.5 Å². The summed E-state index contributed by atoms with van der Waals surface area (Å²) in [6.07, 6.45) is 0.555. The first-order valence-electron chi connectivity index (χ1n) is 11.5. The highest BCUT2D eigenvalue weighted by Crippen LogP contribution is 2.44. The lowest BCUT2D eigenvalue weighted by atomic mass is 9.96. The van der Waals surface area contributed by atoms with Crippen LogP contribution in [-0.4, -0.2) is 53.7 Å². The molecule has 2 atom stereocenters. The van der Waals surface area contributed by atoms with E-state index in [-0.39, 0.29) is 30.9 Å². The highest BCUT2D eigenvalue weighted by atomic mass is 16.5. The molecule has 0 radical (unpaired) electrons. The standard InChI is InChI=1S/C26H30N2O5/c1-16(2)23(24(29)28-13-7-8-17(14-28)25(30)31)27-26(32)33-15-22-20-11-5-3-9-18(20)19-10-4-6-12-21(19)22/h3-6,9-12,16-17,22-23H,7-8,13-15H2,1-2H3,(H,27,32)(H,30,31)/t17?,23-/m1/s1. The average molecular weight is 451 g/mol. The molecule has 1 aliphatic carbocycles. The first-order valence-corrected chi connectivity index (χ1v) is 11.5. The van der Waals surface area contributed by atoms with Gasteiger partial charge in [0.15, 0.2) is 0 Å². The Morgan fingerprint density at radius 2 is 1.67 bits per heavy atom. The summed E-state index contributed by atoms with van der Waals surface area (Å²) in [6, 6.07) is 15.4. The second-order valence-electron chi connectivity index (χ2n) is 9.15. The third-order valence-corrected chi connectivity index (χ3v) is 6.63. The molecule has 7 heteroatoms. The molecule has 174 valence electrons. The number of hydrogen-bond acceptors (Lipinski definition) is 4. The number of amides is 2. The van der Waals surface area contributed by atoms with Gasteiger partial charge in [-0.3, -0.25) is 9.59 Å². The van der Waals surface area contributed by atoms with Crippen molar-refractivity contribution in [3.05, 3.63) is 59.7 Å². The van der Waals surface area contributed by atoms with Gasteiger partial charge in [-0.25, -0.2) is 4.79 Å². The number of piperidine rings is 1. The van der Waals surface area contributed by atoms with E-state index in [1.807, 2.05) is 38.1 Å². The first-order chi connectivity index (χ1) is 15.9. The fourth-order valence-electron chi connectivity index (χ4n) is 4.86. The maximum Gasteiger partial charge on any atom is 0.407 e. The second-order valence-corrected chi connectivity index (χ2v) is 9.15. The minimum Gasteiger partial charge on any atom is -0.481 e. The van der Waals surface area contributed by atoms with Crippen LogP contribution in [0, 0.1) is 11.8 Å². The van der Waals surface area contributed by atoms with Crippen LogP contribution in [-0.2, 0) is 14.3 Å². The summed E-state index contributed by atoms with van der Waals surface area (Å²) in [7, 11) is 0. The zero-order valence-electron chi connectivity index (χ0n) is 19.0. The minimum absolute atomic E-state index is 0.0604. The monoisotopic (exact) mass is 450 g/mol. The van der Waals surface area contributed by atoms with E-state index in [4.69, 9.17) is 4.74 Å². The predicted octanol–water partition coefficient (Wildman–Crippen LogP) is 3.87. The molecule has 0 saturated carbocycles. The number of hydrogen-bond donors (Lipinski definition) is 2. The minimum atomic E-state index is -0.891. The molecule has 2 aliphatic rings. The zero-order chi connectivity index (χ0) is 23.5. The molecule has 1 unspecified atom stereocenters. The summed E-state index contributed by atoms with van der Waals surface area (Å²) in [5, 5.41) is 12.0. The summed E-state index contributed by atoms with van der Waals surface area (Å²) < 4.78 is 5.60. The number of nitrogens with one attached hydrogen (secondary N) is 1. The molecule has 0 bridgehead atoms. The molecule has 1 aliphatic heterocycles. The van der Waals surface area contributed by atoms with Crippen LogP contribution in [0.25, 0.3) is 11.1 Å². The number of fused-ring (bicyclic) bond motifs is 3. The van der Waals surface area contributed by atoms with Gasteiger partial charge in [0.05, 0.1) is 5.92 Å². The zero-order valence-corrected chi connectivity index (χ0v) is 19.0. The van der Waals surface area contributed by atoms with Gasteiger partial charge < -0.3 is 20.1 Å². The third-order valence-electron chi connectivity index (χ3n) is 6.63. The molecule has 4 rings (SSSR count). The molecular formula is C26H30N2O5. The molecule has 7 nitrogen and oxygen atoms in total. The van der Waals surface area contributed by atoms with Gasteiger partial charge in [-0.2, -0.15) is 0 Å². The van der Waals surface area contributed by atoms with Crippen molar-refractivity contribution in [2.75, 3.05) is 19.7 Å². The number of ether oxygens (including phenoxy) is 1. The van der Waals surface area contributed by atoms with E-state index in [2.05, 4.69) is 29.6 Å². The molecule has 1 fully saturated rings. The fourth-order valence-corrected chi connectivity index (χ4v) is 4.86. The molecular weight excluding hydrogens is 420 g/mol. The largest absolute Gasteiger partial charge is 0.481 e. The van der Waals surface area contributed by atoms with E-state index in [1.165, 1.54) is 0 Å². The molecule has 2 N–H and O–H groups in total. The van der Waals surface area contributed by atoms with Crippen LogP contribution in [0.2, 0.25) is 0 Å². The third kappa shape index (κ3) is 4.72. The molecule has 2 amide bonds. The Morgan fingerprint density at radius 1 is 1.06 bits per heavy atom. The number of carboxylic acid groups (broad SMARTS) is 1. The van der Waals surface area contributed by atoms with Crippen molar-refractivity contribution in [2.24, 2.45) is 11.8 Å². The maximum atomic E-state index is 13.1. The number of carbonyl (C=O) groups excluding carboxylic acids is 2. The molecule has 0 aromatic heterocycles. The van der Waals surface area contributed by atoms with Crippen LogP contribution in [0.4, 0.5) is 4.79 Å². The van der Waals surface area contributed by atoms with Gasteiger partial charge >= 0.3 is 12.1 Å². The SMILES string of the molecule is CC(C)[C@@H](NC(=O)OCC1c2ccccc2-c2ccccc21)C(=O)N1CCCC(C(=O)O)C1. The normalized spacial score (nSPS) is 18.4. The van der Waals surface area contributed by atoms with Crippen molar-refractivity contribution in [1.82, 2.24) is 10.2 Å². The van der Waals surface area contributed by atoms with Crippen molar-refractivity contribution in [3.63, 3.8) is 0 Å². The Balaban J connectivity index is 1.41. The number of benzene rings is 2. The van der Waals surface area contributed by atoms with E-state index < -0.39 is 24.0 Å². The van der Waals surface area contributed by atoms with Crippen LogP contribution in [0.3, 0.4) is 0 Å². The van der Waals surface area contributed by atoms with Crippen LogP contribution < -0.4 is 5.32 Å². The van der Waals surface area contributed by atoms with Crippen LogP contribution in [0.5, 0.6) is 0 Å². The highest BCUT2D eigenvalue weighted by Gasteiger charge is 2.35. The van der Waals surface area contributed by atoms with Crippen molar-refractivity contribution in [1.29, 1.82) is 0 Å². The Morgan fingerprint density at radius 3 is 2.24 bits per heavy atom. The summed E-state index contributed by atoms with van der Waals surface area (Å²) in [4.78, 5) is 38.7. The van der Waals surface area contributed by atoms with E-state index in [0.29, 0.717) is 19.4 Å². The number of alkyl carbamates (subject to hydrolysis) is 1. The van der Waals surface area contributed by atoms with Crippen molar-refractivity contribution in [3.8, 4) is 11.1 Å². The topological polar surface area (TPSA) is 95.9 Å². The van der Waals surface area contributed by atoms with E-state index in [9.17, 15) is 19.5 Å². The predicted molar refractivity (Wildman–Crippen MR) is 124 cm³/mol. The maximum absolute atomic E-state index is 13.1. The van der Waals surface area contributed by atoms with Gasteiger partial charge in [-0.15, -0.1) is 0 Å². The number of carbonyl (C=O) groups is 3.